The number of alkyl halides is 3. The molecule has 0 amide bonds. The molecule has 0 saturated heterocycles. The standard InChI is InChI=1S/C21H18ClF3O4S/c1-15-6-10-18(11-7-15)30(29-22(26,27)28,19-12-8-16(2)9-13-19)20-5-3-4-17(14-20)21(23,24)25/h3-14H,1-2H3. The van der Waals surface area contributed by atoms with Crippen molar-refractivity contribution in [3.05, 3.63) is 89.5 Å². The summed E-state index contributed by atoms with van der Waals surface area (Å²) >= 11 is 0. The van der Waals surface area contributed by atoms with Gasteiger partial charge in [-0.2, -0.15) is 27.1 Å². The van der Waals surface area contributed by atoms with Crippen molar-refractivity contribution in [2.75, 3.05) is 0 Å². The average molecular weight is 459 g/mol. The Morgan fingerprint density at radius 1 is 0.733 bits per heavy atom. The number of hydrogen-bond donors (Lipinski definition) is 0. The van der Waals surface area contributed by atoms with Gasteiger partial charge in [-0.05, 0) is 56.3 Å². The first-order valence-electron chi connectivity index (χ1n) is 8.68. The molecule has 3 aromatic carbocycles. The van der Waals surface area contributed by atoms with Crippen LogP contribution in [0.4, 0.5) is 13.2 Å². The third-order valence-electron chi connectivity index (χ3n) is 4.37. The van der Waals surface area contributed by atoms with E-state index < -0.39 is 32.3 Å². The van der Waals surface area contributed by atoms with Crippen LogP contribution < -0.4 is 14.0 Å². The third kappa shape index (κ3) is 4.80. The van der Waals surface area contributed by atoms with Crippen molar-refractivity contribution < 1.29 is 41.1 Å². The topological polar surface area (TPSA) is 78.4 Å². The summed E-state index contributed by atoms with van der Waals surface area (Å²) in [5, 5.41) is 0. The molecule has 0 fully saturated rings. The van der Waals surface area contributed by atoms with Gasteiger partial charge in [0.25, 0.3) is 0 Å². The van der Waals surface area contributed by atoms with Gasteiger partial charge in [-0.3, -0.25) is 0 Å². The van der Waals surface area contributed by atoms with Gasteiger partial charge in [0.05, 0.1) is 26.1 Å². The Balaban J connectivity index is 2.38. The monoisotopic (exact) mass is 458 g/mol. The first kappa shape index (κ1) is 22.6. The van der Waals surface area contributed by atoms with Crippen molar-refractivity contribution in [1.29, 1.82) is 0 Å². The molecule has 9 heteroatoms. The quantitative estimate of drug-likeness (QED) is 0.586. The summed E-state index contributed by atoms with van der Waals surface area (Å²) in [6.07, 6.45) is -4.66. The van der Waals surface area contributed by atoms with Crippen LogP contribution in [0.1, 0.15) is 16.7 Å². The van der Waals surface area contributed by atoms with Crippen LogP contribution in [0.2, 0.25) is 0 Å². The van der Waals surface area contributed by atoms with Crippen molar-refractivity contribution in [3.63, 3.8) is 0 Å². The fourth-order valence-electron chi connectivity index (χ4n) is 2.94. The Kier molecular flexibility index (Phi) is 6.20. The van der Waals surface area contributed by atoms with Gasteiger partial charge in [0.15, 0.2) is 0 Å². The van der Waals surface area contributed by atoms with E-state index in [1.165, 1.54) is 12.1 Å². The molecule has 0 aromatic heterocycles. The minimum absolute atomic E-state index is 0.0584. The van der Waals surface area contributed by atoms with Crippen molar-refractivity contribution in [2.24, 2.45) is 0 Å². The van der Waals surface area contributed by atoms with Crippen molar-refractivity contribution >= 4 is 10.3 Å². The van der Waals surface area contributed by atoms with E-state index in [-0.39, 0.29) is 14.7 Å². The third-order valence-corrected chi connectivity index (χ3v) is 8.53. The maximum Gasteiger partial charge on any atom is 0.416 e. The molecule has 0 aliphatic heterocycles. The van der Waals surface area contributed by atoms with E-state index >= 15 is 0 Å². The molecule has 0 bridgehead atoms. The first-order valence-corrected chi connectivity index (χ1v) is 11.5. The SMILES string of the molecule is Cc1ccc(S(O[Cl+3]([O-])([O-])[O-])(c2ccc(C)cc2)c2cccc(C(F)(F)F)c2)cc1. The largest absolute Gasteiger partial charge is 0.416 e. The van der Waals surface area contributed by atoms with Crippen molar-refractivity contribution in [2.45, 2.75) is 34.7 Å². The lowest BCUT2D eigenvalue weighted by atomic mass is 10.2. The lowest BCUT2D eigenvalue weighted by Gasteiger charge is -2.35. The number of benzene rings is 3. The number of rotatable bonds is 5. The smallest absolute Gasteiger partial charge is 0.182 e. The molecular weight excluding hydrogens is 441 g/mol. The minimum Gasteiger partial charge on any atom is -0.182 e. The highest BCUT2D eigenvalue weighted by molar-refractivity contribution is 8.29. The molecule has 0 N–H and O–H groups in total. The summed E-state index contributed by atoms with van der Waals surface area (Å²) in [5.41, 5.74) is 0.727. The van der Waals surface area contributed by atoms with Crippen LogP contribution in [0.5, 0.6) is 0 Å². The zero-order valence-electron chi connectivity index (χ0n) is 16.0. The Labute approximate surface area is 175 Å². The number of halogens is 4. The Morgan fingerprint density at radius 3 is 1.60 bits per heavy atom. The molecule has 0 saturated carbocycles. The highest BCUT2D eigenvalue weighted by Crippen LogP contribution is 2.70. The van der Waals surface area contributed by atoms with Gasteiger partial charge in [0.2, 0.25) is 0 Å². The Hall–Kier alpha value is -2.07. The van der Waals surface area contributed by atoms with Crippen LogP contribution in [0.15, 0.2) is 87.5 Å². The number of hydrogen-bond acceptors (Lipinski definition) is 4. The summed E-state index contributed by atoms with van der Waals surface area (Å²) in [7, 11) is -8.29. The lowest BCUT2D eigenvalue weighted by Crippen LogP contribution is -2.61. The molecule has 0 aliphatic carbocycles. The molecule has 0 radical (unpaired) electrons. The number of aryl methyl sites for hydroxylation is 2. The molecule has 3 rings (SSSR count). The van der Waals surface area contributed by atoms with Crippen LogP contribution >= 0.6 is 10.3 Å². The first-order chi connectivity index (χ1) is 13.9. The maximum atomic E-state index is 13.4. The minimum atomic E-state index is -4.97. The van der Waals surface area contributed by atoms with Crippen LogP contribution in [0.25, 0.3) is 0 Å². The molecule has 3 aromatic rings. The molecule has 4 nitrogen and oxygen atoms in total. The summed E-state index contributed by atoms with van der Waals surface area (Å²) in [6.45, 7) is 3.61. The van der Waals surface area contributed by atoms with E-state index in [4.69, 9.17) is 3.74 Å². The van der Waals surface area contributed by atoms with Gasteiger partial charge < -0.3 is 0 Å². The predicted molar refractivity (Wildman–Crippen MR) is 97.3 cm³/mol. The summed E-state index contributed by atoms with van der Waals surface area (Å²) in [6, 6.07) is 17.2. The van der Waals surface area contributed by atoms with E-state index in [0.29, 0.717) is 0 Å². The molecule has 0 spiro atoms. The molecule has 30 heavy (non-hydrogen) atoms. The predicted octanol–water partition coefficient (Wildman–Crippen LogP) is 3.43. The molecule has 0 aliphatic rings. The van der Waals surface area contributed by atoms with Crippen LogP contribution in [-0.2, 0) is 9.91 Å². The van der Waals surface area contributed by atoms with Gasteiger partial charge in [-0.15, -0.1) is 0 Å². The highest BCUT2D eigenvalue weighted by Gasteiger charge is 2.47. The second-order valence-corrected chi connectivity index (χ2v) is 10.4. The van der Waals surface area contributed by atoms with E-state index in [2.05, 4.69) is 0 Å². The van der Waals surface area contributed by atoms with E-state index in [9.17, 15) is 27.1 Å². The Bertz CT molecular complexity index is 971. The van der Waals surface area contributed by atoms with Crippen LogP contribution in [-0.4, -0.2) is 0 Å². The van der Waals surface area contributed by atoms with Crippen molar-refractivity contribution in [3.8, 4) is 0 Å². The second kappa shape index (κ2) is 8.22. The van der Waals surface area contributed by atoms with E-state index in [1.54, 1.807) is 62.4 Å². The summed E-state index contributed by atoms with van der Waals surface area (Å²) in [4.78, 5) is 0.503. The van der Waals surface area contributed by atoms with Crippen LogP contribution in [0, 0.1) is 24.1 Å². The van der Waals surface area contributed by atoms with Gasteiger partial charge in [0.1, 0.15) is 3.74 Å². The molecular formula is C21H18ClF3O4S. The van der Waals surface area contributed by atoms with E-state index in [0.717, 1.165) is 23.3 Å². The molecule has 0 atom stereocenters. The highest BCUT2D eigenvalue weighted by atomic mass is 35.7. The fourth-order valence-corrected chi connectivity index (χ4v) is 7.16. The fraction of sp³-hybridized carbons (Fsp3) is 0.143. The Morgan fingerprint density at radius 2 is 1.20 bits per heavy atom. The molecule has 160 valence electrons. The lowest BCUT2D eigenvalue weighted by molar-refractivity contribution is -1.91. The van der Waals surface area contributed by atoms with E-state index in [1.807, 2.05) is 0 Å². The molecule has 0 heterocycles. The second-order valence-electron chi connectivity index (χ2n) is 6.65. The normalized spacial score (nSPS) is 13.3. The molecule has 0 unspecified atom stereocenters. The maximum absolute atomic E-state index is 13.4. The zero-order valence-corrected chi connectivity index (χ0v) is 17.6. The van der Waals surface area contributed by atoms with Gasteiger partial charge in [-0.1, -0.05) is 41.5 Å². The summed E-state index contributed by atoms with van der Waals surface area (Å²) < 4.78 is 80.6. The van der Waals surface area contributed by atoms with Gasteiger partial charge in [-0.25, -0.2) is 0 Å². The summed E-state index contributed by atoms with van der Waals surface area (Å²) in [5.74, 6) is 0. The van der Waals surface area contributed by atoms with Crippen molar-refractivity contribution in [1.82, 2.24) is 0 Å². The van der Waals surface area contributed by atoms with Crippen LogP contribution in [0.3, 0.4) is 0 Å². The van der Waals surface area contributed by atoms with Gasteiger partial charge in [0, 0.05) is 14.7 Å². The average Bonchev–Trinajstić information content (AvgIpc) is 2.66. The zero-order chi connectivity index (χ0) is 22.2. The van der Waals surface area contributed by atoms with Gasteiger partial charge >= 0.3 is 6.18 Å².